The third-order valence-electron chi connectivity index (χ3n) is 5.14. The van der Waals surface area contributed by atoms with Gasteiger partial charge < -0.3 is 15.5 Å². The van der Waals surface area contributed by atoms with E-state index >= 15 is 0 Å². The topological polar surface area (TPSA) is 69.6 Å². The van der Waals surface area contributed by atoms with Crippen LogP contribution in [0.5, 0.6) is 0 Å². The second kappa shape index (κ2) is 11.6. The lowest BCUT2D eigenvalue weighted by atomic mass is 9.75. The molecule has 2 aromatic carbocycles. The fraction of sp³-hybridized carbons (Fsp3) is 0.320. The molecule has 2 aromatic rings. The second-order valence-electron chi connectivity index (χ2n) is 7.61. The van der Waals surface area contributed by atoms with Crippen molar-refractivity contribution in [2.75, 3.05) is 13.2 Å². The van der Waals surface area contributed by atoms with Crippen molar-refractivity contribution in [1.29, 1.82) is 0 Å². The lowest BCUT2D eigenvalue weighted by Gasteiger charge is -2.26. The number of rotatable bonds is 7. The molecule has 3 rings (SSSR count). The van der Waals surface area contributed by atoms with Crippen molar-refractivity contribution in [2.45, 2.75) is 37.4 Å². The minimum absolute atomic E-state index is 0.0208. The molecular weight excluding hydrogens is 419 g/mol. The average Bonchev–Trinajstić information content (AvgIpc) is 2.79. The van der Waals surface area contributed by atoms with Crippen LogP contribution in [-0.4, -0.2) is 35.4 Å². The Morgan fingerprint density at radius 1 is 1.12 bits per heavy atom. The molecule has 1 aliphatic rings. The van der Waals surface area contributed by atoms with Gasteiger partial charge in [0.15, 0.2) is 0 Å². The van der Waals surface area contributed by atoms with E-state index in [2.05, 4.69) is 5.32 Å². The number of carboxylic acid groups (broad SMARTS) is 1. The highest BCUT2D eigenvalue weighted by atomic mass is 19.4. The number of aliphatic hydroxyl groups excluding tert-OH is 1. The van der Waals surface area contributed by atoms with Gasteiger partial charge in [0.2, 0.25) is 0 Å². The van der Waals surface area contributed by atoms with E-state index < -0.39 is 23.1 Å². The van der Waals surface area contributed by atoms with E-state index in [1.54, 1.807) is 18.2 Å². The van der Waals surface area contributed by atoms with Crippen LogP contribution in [0.1, 0.15) is 30.0 Å². The molecule has 7 heteroatoms. The maximum absolute atomic E-state index is 12.5. The van der Waals surface area contributed by atoms with Crippen LogP contribution >= 0.6 is 0 Å². The van der Waals surface area contributed by atoms with Gasteiger partial charge in [-0.15, -0.1) is 0 Å². The van der Waals surface area contributed by atoms with Crippen molar-refractivity contribution in [2.24, 2.45) is 0 Å². The van der Waals surface area contributed by atoms with Gasteiger partial charge in [0.05, 0.1) is 12.2 Å². The molecule has 3 N–H and O–H groups in total. The van der Waals surface area contributed by atoms with Crippen molar-refractivity contribution in [3.05, 3.63) is 95.6 Å². The number of halogens is 3. The number of nitrogens with one attached hydrogen (secondary N) is 1. The Hall–Kier alpha value is -2.90. The zero-order valence-electron chi connectivity index (χ0n) is 17.8. The van der Waals surface area contributed by atoms with Crippen molar-refractivity contribution >= 4 is 5.97 Å². The van der Waals surface area contributed by atoms with Gasteiger partial charge in [0.1, 0.15) is 5.41 Å². The Labute approximate surface area is 186 Å². The number of alkyl halides is 3. The molecule has 32 heavy (non-hydrogen) atoms. The molecule has 1 aliphatic carbocycles. The lowest BCUT2D eigenvalue weighted by molar-refractivity contribution is -0.142. The number of allylic oxidation sites excluding steroid dienone is 3. The molecule has 0 radical (unpaired) electrons. The quantitative estimate of drug-likeness (QED) is 0.573. The highest BCUT2D eigenvalue weighted by Crippen LogP contribution is 2.33. The maximum atomic E-state index is 12.5. The van der Waals surface area contributed by atoms with Crippen LogP contribution in [-0.2, 0) is 22.8 Å². The number of hydrogen-bond donors (Lipinski definition) is 3. The molecule has 0 saturated carbocycles. The van der Waals surface area contributed by atoms with Gasteiger partial charge in [-0.05, 0) is 37.0 Å². The Bertz CT molecular complexity index is 926. The van der Waals surface area contributed by atoms with Crippen LogP contribution in [0, 0.1) is 0 Å². The Morgan fingerprint density at radius 3 is 2.41 bits per heavy atom. The minimum atomic E-state index is -4.29. The molecule has 0 heterocycles. The van der Waals surface area contributed by atoms with E-state index in [0.29, 0.717) is 24.9 Å². The molecule has 2 atom stereocenters. The van der Waals surface area contributed by atoms with Crippen molar-refractivity contribution in [3.8, 4) is 0 Å². The molecule has 0 aromatic heterocycles. The van der Waals surface area contributed by atoms with Crippen LogP contribution in [0.4, 0.5) is 13.2 Å². The number of carboxylic acids is 1. The van der Waals surface area contributed by atoms with Gasteiger partial charge in [-0.2, -0.15) is 13.2 Å². The van der Waals surface area contributed by atoms with Gasteiger partial charge in [-0.3, -0.25) is 4.79 Å². The molecule has 0 spiro atoms. The van der Waals surface area contributed by atoms with Crippen LogP contribution in [0.2, 0.25) is 0 Å². The number of hydrogen-bond acceptors (Lipinski definition) is 3. The van der Waals surface area contributed by atoms with Crippen molar-refractivity contribution in [3.63, 3.8) is 0 Å². The monoisotopic (exact) mass is 447 g/mol. The normalized spacial score (nSPS) is 18.5. The summed E-state index contributed by atoms with van der Waals surface area (Å²) in [5, 5.41) is 21.0. The summed E-state index contributed by atoms with van der Waals surface area (Å²) in [5.74, 6) is -0.797. The van der Waals surface area contributed by atoms with E-state index in [-0.39, 0.29) is 12.6 Å². The van der Waals surface area contributed by atoms with Crippen molar-refractivity contribution < 1.29 is 28.2 Å². The third kappa shape index (κ3) is 7.07. The number of carbonyl (C=O) groups is 1. The standard InChI is InChI=1S/C13H12O2.C12H16F3NO/c14-12(15)13(9-5-2-6-10-13)11-7-3-1-4-8-11;1-9(16-5-6-17)7-10-3-2-4-11(8-10)12(13,14)15/h1-9H,10H2,(H,14,15);2-4,8-9,16-17H,5-7H2,1H3. The first kappa shape index (κ1) is 25.4. The van der Waals surface area contributed by atoms with Gasteiger partial charge in [0, 0.05) is 12.6 Å². The lowest BCUT2D eigenvalue weighted by Crippen LogP contribution is -2.34. The largest absolute Gasteiger partial charge is 0.480 e. The summed E-state index contributed by atoms with van der Waals surface area (Å²) in [6, 6.07) is 14.7. The summed E-state index contributed by atoms with van der Waals surface area (Å²) < 4.78 is 37.4. The first-order chi connectivity index (χ1) is 15.2. The van der Waals surface area contributed by atoms with Gasteiger partial charge >= 0.3 is 12.1 Å². The Morgan fingerprint density at radius 2 is 1.84 bits per heavy atom. The zero-order chi connectivity index (χ0) is 23.6. The second-order valence-corrected chi connectivity index (χ2v) is 7.61. The van der Waals surface area contributed by atoms with E-state index in [1.807, 2.05) is 49.4 Å². The molecule has 2 unspecified atom stereocenters. The average molecular weight is 447 g/mol. The van der Waals surface area contributed by atoms with Crippen LogP contribution in [0.25, 0.3) is 0 Å². The Balaban J connectivity index is 0.000000228. The number of aliphatic carboxylic acids is 1. The Kier molecular flexibility index (Phi) is 9.23. The maximum Gasteiger partial charge on any atom is 0.416 e. The predicted molar refractivity (Wildman–Crippen MR) is 118 cm³/mol. The van der Waals surface area contributed by atoms with Crippen LogP contribution in [0.15, 0.2) is 78.9 Å². The van der Waals surface area contributed by atoms with Crippen LogP contribution < -0.4 is 5.32 Å². The molecule has 172 valence electrons. The summed E-state index contributed by atoms with van der Waals surface area (Å²) >= 11 is 0. The van der Waals surface area contributed by atoms with Crippen molar-refractivity contribution in [1.82, 2.24) is 5.32 Å². The van der Waals surface area contributed by atoms with Gasteiger partial charge in [-0.25, -0.2) is 0 Å². The van der Waals surface area contributed by atoms with E-state index in [0.717, 1.165) is 17.7 Å². The van der Waals surface area contributed by atoms with Gasteiger partial charge in [0.25, 0.3) is 0 Å². The molecular formula is C25H28F3NO3. The molecule has 0 aliphatic heterocycles. The van der Waals surface area contributed by atoms with Gasteiger partial charge in [-0.1, -0.05) is 72.8 Å². The SMILES string of the molecule is CC(Cc1cccc(C(F)(F)F)c1)NCCO.O=C(O)C1(c2ccccc2)C=CC=CC1. The fourth-order valence-electron chi connectivity index (χ4n) is 3.46. The summed E-state index contributed by atoms with van der Waals surface area (Å²) in [6.45, 7) is 2.34. The summed E-state index contributed by atoms with van der Waals surface area (Å²) in [6.07, 6.45) is 4.05. The molecule has 4 nitrogen and oxygen atoms in total. The summed E-state index contributed by atoms with van der Waals surface area (Å²) in [4.78, 5) is 11.4. The highest BCUT2D eigenvalue weighted by molar-refractivity contribution is 5.84. The zero-order valence-corrected chi connectivity index (χ0v) is 17.8. The first-order valence-corrected chi connectivity index (χ1v) is 10.3. The fourth-order valence-corrected chi connectivity index (χ4v) is 3.46. The smallest absolute Gasteiger partial charge is 0.416 e. The molecule has 0 amide bonds. The summed E-state index contributed by atoms with van der Waals surface area (Å²) in [7, 11) is 0. The third-order valence-corrected chi connectivity index (χ3v) is 5.14. The van der Waals surface area contributed by atoms with Crippen LogP contribution in [0.3, 0.4) is 0 Å². The highest BCUT2D eigenvalue weighted by Gasteiger charge is 2.37. The van der Waals surface area contributed by atoms with E-state index in [4.69, 9.17) is 5.11 Å². The molecule has 0 saturated heterocycles. The summed E-state index contributed by atoms with van der Waals surface area (Å²) in [5.41, 5.74) is -0.0315. The van der Waals surface area contributed by atoms with E-state index in [1.165, 1.54) is 6.07 Å². The molecule has 0 fully saturated rings. The number of benzene rings is 2. The first-order valence-electron chi connectivity index (χ1n) is 10.3. The minimum Gasteiger partial charge on any atom is -0.480 e. The van der Waals surface area contributed by atoms with E-state index in [9.17, 15) is 23.1 Å². The molecule has 0 bridgehead atoms. The number of aliphatic hydroxyl groups is 1. The predicted octanol–water partition coefficient (Wildman–Crippen LogP) is 4.74.